The van der Waals surface area contributed by atoms with Crippen LogP contribution in [0.2, 0.25) is 0 Å². The lowest BCUT2D eigenvalue weighted by Crippen LogP contribution is -2.32. The molecule has 2 heterocycles. The van der Waals surface area contributed by atoms with E-state index in [9.17, 15) is 4.79 Å². The van der Waals surface area contributed by atoms with E-state index in [4.69, 9.17) is 9.15 Å². The Kier molecular flexibility index (Phi) is 6.72. The summed E-state index contributed by atoms with van der Waals surface area (Å²) >= 11 is 0. The lowest BCUT2D eigenvalue weighted by molar-refractivity contribution is -0.123. The zero-order chi connectivity index (χ0) is 20.6. The van der Waals surface area contributed by atoms with Crippen LogP contribution in [0.5, 0.6) is 5.75 Å². The summed E-state index contributed by atoms with van der Waals surface area (Å²) in [5.41, 5.74) is 1.51. The topological polar surface area (TPSA) is 80.5 Å². The molecule has 3 aromatic rings. The molecule has 0 radical (unpaired) electrons. The number of rotatable bonds is 9. The third-order valence-electron chi connectivity index (χ3n) is 5.09. The van der Waals surface area contributed by atoms with Crippen molar-refractivity contribution in [2.24, 2.45) is 0 Å². The van der Waals surface area contributed by atoms with E-state index in [2.05, 4.69) is 20.4 Å². The average molecular weight is 406 g/mol. The Labute approximate surface area is 176 Å². The van der Waals surface area contributed by atoms with Gasteiger partial charge in [0.15, 0.2) is 6.61 Å². The second kappa shape index (κ2) is 10.0. The van der Waals surface area contributed by atoms with Gasteiger partial charge in [-0.15, -0.1) is 10.2 Å². The molecule has 2 aromatic carbocycles. The first-order valence-electron chi connectivity index (χ1n) is 10.4. The van der Waals surface area contributed by atoms with E-state index in [1.807, 2.05) is 48.5 Å². The minimum absolute atomic E-state index is 0.0552. The largest absolute Gasteiger partial charge is 0.483 e. The third-order valence-corrected chi connectivity index (χ3v) is 5.09. The summed E-state index contributed by atoms with van der Waals surface area (Å²) in [6, 6.07) is 16.9. The minimum atomic E-state index is -0.137. The molecular weight excluding hydrogens is 380 g/mol. The lowest BCUT2D eigenvalue weighted by Gasteiger charge is -2.14. The Bertz CT molecular complexity index is 952. The number of carbonyl (C=O) groups is 1. The lowest BCUT2D eigenvalue weighted by atomic mass is 10.2. The normalized spacial score (nSPS) is 14.0. The number of para-hydroxylation sites is 1. The molecule has 4 rings (SSSR count). The van der Waals surface area contributed by atoms with Gasteiger partial charge in [0.25, 0.3) is 11.8 Å². The van der Waals surface area contributed by atoms with E-state index in [1.165, 1.54) is 25.9 Å². The summed E-state index contributed by atoms with van der Waals surface area (Å²) < 4.78 is 11.6. The predicted octanol–water partition coefficient (Wildman–Crippen LogP) is 3.38. The Hall–Kier alpha value is -3.19. The van der Waals surface area contributed by atoms with Gasteiger partial charge in [-0.2, -0.15) is 0 Å². The molecule has 1 aliphatic heterocycles. The Morgan fingerprint density at radius 2 is 1.73 bits per heavy atom. The number of carbonyl (C=O) groups excluding carboxylic acids is 1. The molecular formula is C23H26N4O3. The van der Waals surface area contributed by atoms with Crippen molar-refractivity contribution in [1.29, 1.82) is 0 Å². The van der Waals surface area contributed by atoms with Crippen LogP contribution in [0.3, 0.4) is 0 Å². The van der Waals surface area contributed by atoms with E-state index in [1.54, 1.807) is 6.07 Å². The highest BCUT2D eigenvalue weighted by Gasteiger charge is 2.15. The molecule has 1 N–H and O–H groups in total. The maximum Gasteiger partial charge on any atom is 0.257 e. The van der Waals surface area contributed by atoms with E-state index in [0.717, 1.165) is 18.5 Å². The molecule has 7 nitrogen and oxygen atoms in total. The van der Waals surface area contributed by atoms with Gasteiger partial charge in [-0.25, -0.2) is 0 Å². The van der Waals surface area contributed by atoms with Crippen molar-refractivity contribution in [2.75, 3.05) is 32.8 Å². The molecule has 0 unspecified atom stereocenters. The fourth-order valence-electron chi connectivity index (χ4n) is 3.53. The molecule has 156 valence electrons. The van der Waals surface area contributed by atoms with Gasteiger partial charge in [0.1, 0.15) is 5.75 Å². The minimum Gasteiger partial charge on any atom is -0.483 e. The van der Waals surface area contributed by atoms with E-state index >= 15 is 0 Å². The van der Waals surface area contributed by atoms with Crippen LogP contribution in [0.15, 0.2) is 59.0 Å². The van der Waals surface area contributed by atoms with Crippen molar-refractivity contribution in [3.8, 4) is 28.7 Å². The van der Waals surface area contributed by atoms with Crippen LogP contribution >= 0.6 is 0 Å². The second-order valence-corrected chi connectivity index (χ2v) is 7.32. The number of hydrogen-bond acceptors (Lipinski definition) is 6. The maximum atomic E-state index is 12.1. The Morgan fingerprint density at radius 1 is 1.00 bits per heavy atom. The molecule has 1 amide bonds. The van der Waals surface area contributed by atoms with Crippen LogP contribution in [0, 0.1) is 0 Å². The maximum absolute atomic E-state index is 12.1. The number of benzene rings is 2. The summed E-state index contributed by atoms with van der Waals surface area (Å²) in [5, 5.41) is 11.2. The first-order valence-corrected chi connectivity index (χ1v) is 10.4. The van der Waals surface area contributed by atoms with Crippen molar-refractivity contribution in [1.82, 2.24) is 20.4 Å². The van der Waals surface area contributed by atoms with E-state index in [0.29, 0.717) is 29.6 Å². The van der Waals surface area contributed by atoms with Crippen LogP contribution in [0.1, 0.15) is 19.3 Å². The number of amides is 1. The summed E-state index contributed by atoms with van der Waals surface area (Å²) in [6.45, 7) is 3.99. The number of ether oxygens (including phenoxy) is 1. The number of nitrogens with zero attached hydrogens (tertiary/aromatic N) is 3. The molecule has 30 heavy (non-hydrogen) atoms. The van der Waals surface area contributed by atoms with Crippen molar-refractivity contribution in [3.05, 3.63) is 54.6 Å². The van der Waals surface area contributed by atoms with Crippen LogP contribution < -0.4 is 10.1 Å². The fourth-order valence-corrected chi connectivity index (χ4v) is 3.53. The van der Waals surface area contributed by atoms with Crippen LogP contribution in [-0.2, 0) is 4.79 Å². The zero-order valence-corrected chi connectivity index (χ0v) is 16.9. The molecule has 0 aliphatic carbocycles. The zero-order valence-electron chi connectivity index (χ0n) is 16.9. The SMILES string of the molecule is O=C(COc1ccccc1-c1nnc(-c2ccccc2)o1)NCCCN1CCCC1. The van der Waals surface area contributed by atoms with Gasteiger partial charge in [0, 0.05) is 12.1 Å². The van der Waals surface area contributed by atoms with Gasteiger partial charge in [-0.1, -0.05) is 30.3 Å². The average Bonchev–Trinajstić information content (AvgIpc) is 3.48. The van der Waals surface area contributed by atoms with Crippen molar-refractivity contribution in [2.45, 2.75) is 19.3 Å². The number of hydrogen-bond donors (Lipinski definition) is 1. The molecule has 0 spiro atoms. The highest BCUT2D eigenvalue weighted by molar-refractivity contribution is 5.77. The molecule has 0 atom stereocenters. The summed E-state index contributed by atoms with van der Waals surface area (Å²) in [5.74, 6) is 1.20. The molecule has 1 saturated heterocycles. The van der Waals surface area contributed by atoms with Crippen molar-refractivity contribution < 1.29 is 13.9 Å². The third kappa shape index (κ3) is 5.24. The van der Waals surface area contributed by atoms with Crippen molar-refractivity contribution >= 4 is 5.91 Å². The molecule has 1 fully saturated rings. The van der Waals surface area contributed by atoms with E-state index in [-0.39, 0.29) is 12.5 Å². The molecule has 0 saturated carbocycles. The van der Waals surface area contributed by atoms with E-state index < -0.39 is 0 Å². The van der Waals surface area contributed by atoms with Crippen LogP contribution in [0.25, 0.3) is 22.9 Å². The Balaban J connectivity index is 1.31. The Morgan fingerprint density at radius 3 is 2.57 bits per heavy atom. The first kappa shape index (κ1) is 20.1. The summed E-state index contributed by atoms with van der Waals surface area (Å²) in [7, 11) is 0. The monoisotopic (exact) mass is 406 g/mol. The summed E-state index contributed by atoms with van der Waals surface area (Å²) in [4.78, 5) is 14.6. The van der Waals surface area contributed by atoms with Gasteiger partial charge in [0.05, 0.1) is 5.56 Å². The smallest absolute Gasteiger partial charge is 0.257 e. The van der Waals surface area contributed by atoms with Gasteiger partial charge in [-0.05, 0) is 63.2 Å². The van der Waals surface area contributed by atoms with Gasteiger partial charge < -0.3 is 19.4 Å². The molecule has 0 bridgehead atoms. The van der Waals surface area contributed by atoms with Crippen molar-refractivity contribution in [3.63, 3.8) is 0 Å². The van der Waals surface area contributed by atoms with Gasteiger partial charge in [0.2, 0.25) is 5.89 Å². The number of aromatic nitrogens is 2. The highest BCUT2D eigenvalue weighted by atomic mass is 16.5. The first-order chi connectivity index (χ1) is 14.8. The van der Waals surface area contributed by atoms with Crippen LogP contribution in [-0.4, -0.2) is 53.8 Å². The number of nitrogens with one attached hydrogen (secondary N) is 1. The predicted molar refractivity (Wildman–Crippen MR) is 114 cm³/mol. The quantitative estimate of drug-likeness (QED) is 0.549. The molecule has 7 heteroatoms. The highest BCUT2D eigenvalue weighted by Crippen LogP contribution is 2.30. The second-order valence-electron chi connectivity index (χ2n) is 7.32. The van der Waals surface area contributed by atoms with Gasteiger partial charge in [-0.3, -0.25) is 4.79 Å². The molecule has 1 aliphatic rings. The fraction of sp³-hybridized carbons (Fsp3) is 0.348. The summed E-state index contributed by atoms with van der Waals surface area (Å²) in [6.07, 6.45) is 3.52. The van der Waals surface area contributed by atoms with Gasteiger partial charge >= 0.3 is 0 Å². The standard InChI is InChI=1S/C23H26N4O3/c28-21(24-13-8-16-27-14-6-7-15-27)17-29-20-12-5-4-11-19(20)23-26-25-22(30-23)18-9-2-1-3-10-18/h1-5,9-12H,6-8,13-17H2,(H,24,28). The number of likely N-dealkylation sites (tertiary alicyclic amines) is 1. The van der Waals surface area contributed by atoms with Crippen LogP contribution in [0.4, 0.5) is 0 Å². The molecule has 1 aromatic heterocycles.